The van der Waals surface area contributed by atoms with E-state index in [0.29, 0.717) is 37.4 Å². The van der Waals surface area contributed by atoms with E-state index in [9.17, 15) is 19.5 Å². The van der Waals surface area contributed by atoms with Crippen LogP contribution >= 0.6 is 23.2 Å². The third-order valence-electron chi connectivity index (χ3n) is 5.31. The van der Waals surface area contributed by atoms with Gasteiger partial charge in [-0.1, -0.05) is 23.2 Å². The molecule has 0 aliphatic carbocycles. The van der Waals surface area contributed by atoms with E-state index in [2.05, 4.69) is 0 Å². The number of hydrogen-bond donors (Lipinski definition) is 1. The Balaban J connectivity index is 1.80. The molecule has 3 unspecified atom stereocenters. The lowest BCUT2D eigenvalue weighted by molar-refractivity contribution is -0.143. The van der Waals surface area contributed by atoms with Crippen molar-refractivity contribution in [3.8, 4) is 0 Å². The third kappa shape index (κ3) is 3.40. The van der Waals surface area contributed by atoms with Crippen molar-refractivity contribution < 1.29 is 19.5 Å². The molecule has 1 aromatic carbocycles. The van der Waals surface area contributed by atoms with Crippen LogP contribution in [-0.2, 0) is 9.59 Å². The zero-order chi connectivity index (χ0) is 19.0. The van der Waals surface area contributed by atoms with E-state index in [-0.39, 0.29) is 28.4 Å². The molecule has 2 fully saturated rings. The summed E-state index contributed by atoms with van der Waals surface area (Å²) in [5.41, 5.74) is 0.275. The number of carbonyl (C=O) groups excluding carboxylic acids is 2. The summed E-state index contributed by atoms with van der Waals surface area (Å²) >= 11 is 12.1. The first-order valence-electron chi connectivity index (χ1n) is 8.60. The predicted octanol–water partition coefficient (Wildman–Crippen LogP) is 2.92. The minimum absolute atomic E-state index is 0.190. The van der Waals surface area contributed by atoms with E-state index >= 15 is 0 Å². The Morgan fingerprint density at radius 2 is 1.85 bits per heavy atom. The molecule has 0 spiro atoms. The van der Waals surface area contributed by atoms with Crippen molar-refractivity contribution in [3.63, 3.8) is 0 Å². The predicted molar refractivity (Wildman–Crippen MR) is 97.4 cm³/mol. The summed E-state index contributed by atoms with van der Waals surface area (Å²) in [5.74, 6) is -1.97. The molecule has 140 valence electrons. The van der Waals surface area contributed by atoms with E-state index in [0.717, 1.165) is 0 Å². The smallest absolute Gasteiger partial charge is 0.308 e. The fraction of sp³-hybridized carbons (Fsp3) is 0.500. The van der Waals surface area contributed by atoms with Crippen LogP contribution in [-0.4, -0.2) is 57.9 Å². The van der Waals surface area contributed by atoms with Crippen LogP contribution in [0.4, 0.5) is 0 Å². The number of carbonyl (C=O) groups is 3. The van der Waals surface area contributed by atoms with Crippen molar-refractivity contribution in [2.45, 2.75) is 38.3 Å². The Labute approximate surface area is 161 Å². The van der Waals surface area contributed by atoms with Gasteiger partial charge in [-0.3, -0.25) is 14.4 Å². The van der Waals surface area contributed by atoms with Crippen LogP contribution in [0.1, 0.15) is 36.5 Å². The van der Waals surface area contributed by atoms with Gasteiger partial charge < -0.3 is 14.9 Å². The van der Waals surface area contributed by atoms with Gasteiger partial charge in [0.05, 0.1) is 16.5 Å². The normalized spacial score (nSPS) is 25.6. The Hall–Kier alpha value is -1.79. The molecular formula is C18H20Cl2N2O4. The molecule has 0 saturated carbocycles. The molecule has 2 saturated heterocycles. The van der Waals surface area contributed by atoms with Gasteiger partial charge in [-0.15, -0.1) is 0 Å². The Kier molecular flexibility index (Phi) is 5.44. The SMILES string of the molecule is CC1C(C(=O)O)CCN1C(=O)C1CCCN1C(=O)c1cc(Cl)ccc1Cl. The van der Waals surface area contributed by atoms with Gasteiger partial charge in [0.25, 0.3) is 5.91 Å². The second-order valence-electron chi connectivity index (χ2n) is 6.79. The Morgan fingerprint density at radius 1 is 1.12 bits per heavy atom. The van der Waals surface area contributed by atoms with Crippen molar-refractivity contribution in [1.29, 1.82) is 0 Å². The minimum atomic E-state index is -0.891. The molecule has 2 aliphatic heterocycles. The van der Waals surface area contributed by atoms with Crippen LogP contribution in [0.2, 0.25) is 10.0 Å². The fourth-order valence-corrected chi connectivity index (χ4v) is 4.23. The van der Waals surface area contributed by atoms with Crippen LogP contribution in [0.3, 0.4) is 0 Å². The van der Waals surface area contributed by atoms with E-state index in [1.807, 2.05) is 0 Å². The van der Waals surface area contributed by atoms with Gasteiger partial charge in [0.15, 0.2) is 0 Å². The molecule has 8 heteroatoms. The van der Waals surface area contributed by atoms with Crippen molar-refractivity contribution in [2.75, 3.05) is 13.1 Å². The van der Waals surface area contributed by atoms with Gasteiger partial charge in [0.1, 0.15) is 6.04 Å². The zero-order valence-electron chi connectivity index (χ0n) is 14.3. The summed E-state index contributed by atoms with van der Waals surface area (Å²) in [4.78, 5) is 40.3. The lowest BCUT2D eigenvalue weighted by Gasteiger charge is -2.31. The number of rotatable bonds is 3. The van der Waals surface area contributed by atoms with Gasteiger partial charge in [0.2, 0.25) is 5.91 Å². The quantitative estimate of drug-likeness (QED) is 0.848. The van der Waals surface area contributed by atoms with E-state index in [1.54, 1.807) is 24.0 Å². The minimum Gasteiger partial charge on any atom is -0.481 e. The monoisotopic (exact) mass is 398 g/mol. The second-order valence-corrected chi connectivity index (χ2v) is 7.63. The average Bonchev–Trinajstić information content (AvgIpc) is 3.22. The molecule has 2 aliphatic rings. The summed E-state index contributed by atoms with van der Waals surface area (Å²) in [5, 5.41) is 9.95. The molecule has 0 aromatic heterocycles. The summed E-state index contributed by atoms with van der Waals surface area (Å²) < 4.78 is 0. The molecule has 0 radical (unpaired) electrons. The first-order chi connectivity index (χ1) is 12.3. The highest BCUT2D eigenvalue weighted by Crippen LogP contribution is 2.30. The van der Waals surface area contributed by atoms with Crippen LogP contribution in [0.5, 0.6) is 0 Å². The number of halogens is 2. The number of carboxylic acid groups (broad SMARTS) is 1. The average molecular weight is 399 g/mol. The molecule has 3 rings (SSSR count). The molecule has 0 bridgehead atoms. The summed E-state index contributed by atoms with van der Waals surface area (Å²) in [7, 11) is 0. The highest BCUT2D eigenvalue weighted by atomic mass is 35.5. The fourth-order valence-electron chi connectivity index (χ4n) is 3.85. The molecule has 26 heavy (non-hydrogen) atoms. The molecule has 6 nitrogen and oxygen atoms in total. The number of benzene rings is 1. The number of carboxylic acids is 1. The largest absolute Gasteiger partial charge is 0.481 e. The van der Waals surface area contributed by atoms with Gasteiger partial charge in [-0.25, -0.2) is 0 Å². The number of hydrogen-bond acceptors (Lipinski definition) is 3. The molecule has 2 amide bonds. The lowest BCUT2D eigenvalue weighted by Crippen LogP contribution is -2.49. The maximum Gasteiger partial charge on any atom is 0.308 e. The highest BCUT2D eigenvalue weighted by Gasteiger charge is 2.43. The lowest BCUT2D eigenvalue weighted by atomic mass is 10.0. The maximum absolute atomic E-state index is 13.0. The van der Waals surface area contributed by atoms with Crippen molar-refractivity contribution in [2.24, 2.45) is 5.92 Å². The van der Waals surface area contributed by atoms with Gasteiger partial charge >= 0.3 is 5.97 Å². The number of nitrogens with zero attached hydrogens (tertiary/aromatic N) is 2. The topological polar surface area (TPSA) is 77.9 Å². The third-order valence-corrected chi connectivity index (χ3v) is 5.88. The first kappa shape index (κ1) is 19.0. The van der Waals surface area contributed by atoms with E-state index in [4.69, 9.17) is 23.2 Å². The second kappa shape index (κ2) is 7.45. The summed E-state index contributed by atoms with van der Waals surface area (Å²) in [6.45, 7) is 2.61. The molecule has 3 atom stereocenters. The highest BCUT2D eigenvalue weighted by molar-refractivity contribution is 6.35. The maximum atomic E-state index is 13.0. The van der Waals surface area contributed by atoms with Crippen LogP contribution in [0, 0.1) is 5.92 Å². The van der Waals surface area contributed by atoms with Crippen LogP contribution in [0.15, 0.2) is 18.2 Å². The summed E-state index contributed by atoms with van der Waals surface area (Å²) in [6.07, 6.45) is 1.71. The van der Waals surface area contributed by atoms with Gasteiger partial charge in [-0.2, -0.15) is 0 Å². The molecule has 1 N–H and O–H groups in total. The Morgan fingerprint density at radius 3 is 2.50 bits per heavy atom. The van der Waals surface area contributed by atoms with Gasteiger partial charge in [0, 0.05) is 24.2 Å². The van der Waals surface area contributed by atoms with Crippen LogP contribution in [0.25, 0.3) is 0 Å². The van der Waals surface area contributed by atoms with Gasteiger partial charge in [-0.05, 0) is 44.4 Å². The molecular weight excluding hydrogens is 379 g/mol. The van der Waals surface area contributed by atoms with E-state index in [1.165, 1.54) is 11.0 Å². The summed E-state index contributed by atoms with van der Waals surface area (Å²) in [6, 6.07) is 3.69. The first-order valence-corrected chi connectivity index (χ1v) is 9.36. The number of likely N-dealkylation sites (tertiary alicyclic amines) is 2. The standard InChI is InChI=1S/C18H20Cl2N2O4/c1-10-12(18(25)26)6-8-21(10)17(24)15-3-2-7-22(15)16(23)13-9-11(19)4-5-14(13)20/h4-5,9-10,12,15H,2-3,6-8H2,1H3,(H,25,26). The molecule has 2 heterocycles. The van der Waals surface area contributed by atoms with Crippen molar-refractivity contribution in [1.82, 2.24) is 9.80 Å². The number of amides is 2. The zero-order valence-corrected chi connectivity index (χ0v) is 15.8. The molecule has 1 aromatic rings. The van der Waals surface area contributed by atoms with Crippen molar-refractivity contribution >= 4 is 41.0 Å². The number of aliphatic carboxylic acids is 1. The van der Waals surface area contributed by atoms with Crippen LogP contribution < -0.4 is 0 Å². The van der Waals surface area contributed by atoms with Crippen molar-refractivity contribution in [3.05, 3.63) is 33.8 Å². The Bertz CT molecular complexity index is 755. The van der Waals surface area contributed by atoms with E-state index < -0.39 is 17.9 Å².